The van der Waals surface area contributed by atoms with Crippen LogP contribution in [0.3, 0.4) is 0 Å². The third kappa shape index (κ3) is 2.32. The second-order valence-corrected chi connectivity index (χ2v) is 4.64. The zero-order valence-corrected chi connectivity index (χ0v) is 9.99. The molecule has 88 valence electrons. The first kappa shape index (κ1) is 12.5. The largest absolute Gasteiger partial charge is 0.480 e. The highest BCUT2D eigenvalue weighted by Crippen LogP contribution is 2.43. The SMILES string of the molecule is COCC(C)N(C)C(C)(C(=O)O)C1CC1. The Morgan fingerprint density at radius 3 is 2.53 bits per heavy atom. The molecular formula is C11H21NO3. The van der Waals surface area contributed by atoms with Gasteiger partial charge < -0.3 is 9.84 Å². The van der Waals surface area contributed by atoms with Gasteiger partial charge in [-0.2, -0.15) is 0 Å². The molecule has 1 fully saturated rings. The van der Waals surface area contributed by atoms with Crippen molar-refractivity contribution in [1.82, 2.24) is 4.90 Å². The Morgan fingerprint density at radius 1 is 1.67 bits per heavy atom. The highest BCUT2D eigenvalue weighted by molar-refractivity contribution is 5.79. The molecule has 0 aromatic carbocycles. The number of aliphatic carboxylic acids is 1. The van der Waals surface area contributed by atoms with E-state index < -0.39 is 11.5 Å². The summed E-state index contributed by atoms with van der Waals surface area (Å²) in [5.74, 6) is -0.435. The summed E-state index contributed by atoms with van der Waals surface area (Å²) in [5, 5.41) is 9.35. The lowest BCUT2D eigenvalue weighted by atomic mass is 9.92. The summed E-state index contributed by atoms with van der Waals surface area (Å²) < 4.78 is 5.07. The number of ether oxygens (including phenoxy) is 1. The van der Waals surface area contributed by atoms with Crippen molar-refractivity contribution in [3.05, 3.63) is 0 Å². The molecule has 4 heteroatoms. The van der Waals surface area contributed by atoms with Gasteiger partial charge in [0.25, 0.3) is 0 Å². The van der Waals surface area contributed by atoms with Gasteiger partial charge in [-0.3, -0.25) is 9.69 Å². The number of rotatable bonds is 6. The van der Waals surface area contributed by atoms with Crippen molar-refractivity contribution in [2.75, 3.05) is 20.8 Å². The number of hydrogen-bond donors (Lipinski definition) is 1. The molecule has 0 spiro atoms. The van der Waals surface area contributed by atoms with E-state index in [1.54, 1.807) is 7.11 Å². The predicted molar refractivity (Wildman–Crippen MR) is 57.9 cm³/mol. The molecule has 0 heterocycles. The lowest BCUT2D eigenvalue weighted by molar-refractivity contribution is -0.153. The summed E-state index contributed by atoms with van der Waals surface area (Å²) in [4.78, 5) is 13.3. The maximum Gasteiger partial charge on any atom is 0.324 e. The average Bonchev–Trinajstić information content (AvgIpc) is 2.98. The standard InChI is InChI=1S/C11H21NO3/c1-8(7-15-4)12(3)11(2,10(13)14)9-5-6-9/h8-9H,5-7H2,1-4H3,(H,13,14). The van der Waals surface area contributed by atoms with Crippen LogP contribution in [0.4, 0.5) is 0 Å². The fourth-order valence-corrected chi connectivity index (χ4v) is 2.07. The average molecular weight is 215 g/mol. The fraction of sp³-hybridized carbons (Fsp3) is 0.909. The number of carboxylic acids is 1. The molecular weight excluding hydrogens is 194 g/mol. The minimum Gasteiger partial charge on any atom is -0.480 e. The van der Waals surface area contributed by atoms with Crippen LogP contribution in [0.1, 0.15) is 26.7 Å². The lowest BCUT2D eigenvalue weighted by Crippen LogP contribution is -2.56. The van der Waals surface area contributed by atoms with Crippen molar-refractivity contribution in [1.29, 1.82) is 0 Å². The van der Waals surface area contributed by atoms with E-state index in [9.17, 15) is 9.90 Å². The number of likely N-dealkylation sites (N-methyl/N-ethyl adjacent to an activating group) is 1. The van der Waals surface area contributed by atoms with Crippen LogP contribution in [-0.4, -0.2) is 48.3 Å². The van der Waals surface area contributed by atoms with E-state index in [1.807, 2.05) is 25.8 Å². The van der Waals surface area contributed by atoms with E-state index >= 15 is 0 Å². The third-order valence-electron chi connectivity index (χ3n) is 3.61. The molecule has 1 saturated carbocycles. The third-order valence-corrected chi connectivity index (χ3v) is 3.61. The lowest BCUT2D eigenvalue weighted by Gasteiger charge is -2.39. The maximum atomic E-state index is 11.4. The summed E-state index contributed by atoms with van der Waals surface area (Å²) >= 11 is 0. The van der Waals surface area contributed by atoms with Gasteiger partial charge in [0, 0.05) is 13.2 Å². The zero-order valence-electron chi connectivity index (χ0n) is 9.99. The molecule has 0 aromatic rings. The number of methoxy groups -OCH3 is 1. The molecule has 15 heavy (non-hydrogen) atoms. The van der Waals surface area contributed by atoms with Crippen molar-refractivity contribution < 1.29 is 14.6 Å². The van der Waals surface area contributed by atoms with Crippen LogP contribution in [0.25, 0.3) is 0 Å². The fourth-order valence-electron chi connectivity index (χ4n) is 2.07. The molecule has 2 unspecified atom stereocenters. The molecule has 0 aromatic heterocycles. The second kappa shape index (κ2) is 4.49. The van der Waals surface area contributed by atoms with E-state index in [0.29, 0.717) is 12.5 Å². The Balaban J connectivity index is 2.75. The van der Waals surface area contributed by atoms with Gasteiger partial charge in [0.05, 0.1) is 6.61 Å². The van der Waals surface area contributed by atoms with Crippen LogP contribution in [-0.2, 0) is 9.53 Å². The van der Waals surface area contributed by atoms with E-state index in [-0.39, 0.29) is 6.04 Å². The van der Waals surface area contributed by atoms with Crippen molar-refractivity contribution in [2.24, 2.45) is 5.92 Å². The quantitative estimate of drug-likeness (QED) is 0.723. The van der Waals surface area contributed by atoms with Crippen molar-refractivity contribution in [2.45, 2.75) is 38.3 Å². The van der Waals surface area contributed by atoms with Gasteiger partial charge in [-0.15, -0.1) is 0 Å². The topological polar surface area (TPSA) is 49.8 Å². The van der Waals surface area contributed by atoms with Crippen molar-refractivity contribution in [3.63, 3.8) is 0 Å². The van der Waals surface area contributed by atoms with E-state index in [1.165, 1.54) is 0 Å². The Bertz CT molecular complexity index is 240. The molecule has 0 aliphatic heterocycles. The molecule has 1 aliphatic rings. The van der Waals surface area contributed by atoms with E-state index in [2.05, 4.69) is 0 Å². The summed E-state index contributed by atoms with van der Waals surface area (Å²) in [6.07, 6.45) is 2.04. The highest BCUT2D eigenvalue weighted by Gasteiger charge is 2.51. The molecule has 0 radical (unpaired) electrons. The van der Waals surface area contributed by atoms with Gasteiger partial charge in [0.15, 0.2) is 0 Å². The number of hydrogen-bond acceptors (Lipinski definition) is 3. The molecule has 0 bridgehead atoms. The summed E-state index contributed by atoms with van der Waals surface area (Å²) in [6.45, 7) is 4.37. The van der Waals surface area contributed by atoms with Gasteiger partial charge in [-0.25, -0.2) is 0 Å². The molecule has 2 atom stereocenters. The van der Waals surface area contributed by atoms with E-state index in [4.69, 9.17) is 4.74 Å². The monoisotopic (exact) mass is 215 g/mol. The number of nitrogens with zero attached hydrogens (tertiary/aromatic N) is 1. The molecule has 1 aliphatic carbocycles. The van der Waals surface area contributed by atoms with E-state index in [0.717, 1.165) is 12.8 Å². The minimum absolute atomic E-state index is 0.122. The summed E-state index contributed by atoms with van der Waals surface area (Å²) in [6, 6.07) is 0.122. The number of carbonyl (C=O) groups is 1. The van der Waals surface area contributed by atoms with Gasteiger partial charge in [-0.1, -0.05) is 0 Å². The second-order valence-electron chi connectivity index (χ2n) is 4.64. The van der Waals surface area contributed by atoms with Crippen LogP contribution in [0.2, 0.25) is 0 Å². The smallest absolute Gasteiger partial charge is 0.324 e. The first-order valence-electron chi connectivity index (χ1n) is 5.39. The van der Waals surface area contributed by atoms with Crippen LogP contribution in [0, 0.1) is 5.92 Å². The summed E-state index contributed by atoms with van der Waals surface area (Å²) in [7, 11) is 3.51. The number of carboxylic acid groups (broad SMARTS) is 1. The minimum atomic E-state index is -0.738. The van der Waals surface area contributed by atoms with Crippen LogP contribution in [0.5, 0.6) is 0 Å². The zero-order chi connectivity index (χ0) is 11.6. The Kier molecular flexibility index (Phi) is 3.73. The molecule has 0 saturated heterocycles. The van der Waals surface area contributed by atoms with Gasteiger partial charge >= 0.3 is 5.97 Å². The first-order valence-corrected chi connectivity index (χ1v) is 5.39. The molecule has 0 amide bonds. The van der Waals surface area contributed by atoms with Crippen molar-refractivity contribution >= 4 is 5.97 Å². The molecule has 1 rings (SSSR count). The molecule has 1 N–H and O–H groups in total. The van der Waals surface area contributed by atoms with Crippen LogP contribution >= 0.6 is 0 Å². The Labute approximate surface area is 91.2 Å². The van der Waals surface area contributed by atoms with Gasteiger partial charge in [0.2, 0.25) is 0 Å². The van der Waals surface area contributed by atoms with Crippen molar-refractivity contribution in [3.8, 4) is 0 Å². The van der Waals surface area contributed by atoms with Crippen LogP contribution in [0.15, 0.2) is 0 Å². The highest BCUT2D eigenvalue weighted by atomic mass is 16.5. The summed E-state index contributed by atoms with van der Waals surface area (Å²) in [5.41, 5.74) is -0.738. The van der Waals surface area contributed by atoms with Crippen LogP contribution < -0.4 is 0 Å². The Morgan fingerprint density at radius 2 is 2.20 bits per heavy atom. The Hall–Kier alpha value is -0.610. The molecule has 4 nitrogen and oxygen atoms in total. The normalized spacial score (nSPS) is 22.5. The van der Waals surface area contributed by atoms with Gasteiger partial charge in [0.1, 0.15) is 5.54 Å². The predicted octanol–water partition coefficient (Wildman–Crippen LogP) is 1.21. The van der Waals surface area contributed by atoms with Gasteiger partial charge in [-0.05, 0) is 39.7 Å². The maximum absolute atomic E-state index is 11.4. The first-order chi connectivity index (χ1) is 6.94.